The van der Waals surface area contributed by atoms with Crippen LogP contribution < -0.4 is 0 Å². The van der Waals surface area contributed by atoms with Crippen molar-refractivity contribution in [3.63, 3.8) is 0 Å². The molecular formula is C5H13N3. The Morgan fingerprint density at radius 3 is 2.50 bits per heavy atom. The molecule has 0 saturated heterocycles. The van der Waals surface area contributed by atoms with Gasteiger partial charge in [0, 0.05) is 0 Å². The highest BCUT2D eigenvalue weighted by Crippen LogP contribution is 1.82. The van der Waals surface area contributed by atoms with Gasteiger partial charge in [0.1, 0.15) is 0 Å². The molecule has 0 aromatic rings. The van der Waals surface area contributed by atoms with Gasteiger partial charge in [-0.2, -0.15) is 5.11 Å². The Labute approximate surface area is 50.2 Å². The maximum absolute atomic E-state index is 6.45. The fourth-order valence-electron chi connectivity index (χ4n) is 0.466. The Morgan fingerprint density at radius 1 is 1.50 bits per heavy atom. The molecule has 0 aliphatic rings. The average Bonchev–Trinajstić information content (AvgIpc) is 1.66. The van der Waals surface area contributed by atoms with E-state index >= 15 is 0 Å². The second-order valence-electron chi connectivity index (χ2n) is 2.04. The molecule has 0 saturated carbocycles. The molecular weight excluding hydrogens is 102 g/mol. The van der Waals surface area contributed by atoms with E-state index in [9.17, 15) is 0 Å². The Bertz CT molecular complexity index is 60.7. The Balaban J connectivity index is 2.81. The lowest BCUT2D eigenvalue weighted by Crippen LogP contribution is -2.13. The third-order valence-electron chi connectivity index (χ3n) is 0.875. The second kappa shape index (κ2) is 4.71. The number of hydrogen-bond acceptors (Lipinski definition) is 3. The van der Waals surface area contributed by atoms with E-state index in [1.807, 2.05) is 14.1 Å². The van der Waals surface area contributed by atoms with Crippen molar-refractivity contribution in [1.82, 2.24) is 4.90 Å². The van der Waals surface area contributed by atoms with Crippen LogP contribution in [-0.2, 0) is 0 Å². The van der Waals surface area contributed by atoms with Crippen LogP contribution in [-0.4, -0.2) is 32.1 Å². The molecule has 0 unspecified atom stereocenters. The van der Waals surface area contributed by atoms with Gasteiger partial charge in [0.05, 0.1) is 6.54 Å². The van der Waals surface area contributed by atoms with Crippen LogP contribution in [0.3, 0.4) is 0 Å². The summed E-state index contributed by atoms with van der Waals surface area (Å²) in [6.45, 7) is 1.70. The topological polar surface area (TPSA) is 39.5 Å². The van der Waals surface area contributed by atoms with Crippen molar-refractivity contribution < 1.29 is 0 Å². The van der Waals surface area contributed by atoms with E-state index in [1.165, 1.54) is 0 Å². The molecule has 0 heterocycles. The molecule has 1 N–H and O–H groups in total. The lowest BCUT2D eigenvalue weighted by molar-refractivity contribution is 0.401. The van der Waals surface area contributed by atoms with Crippen molar-refractivity contribution in [2.45, 2.75) is 6.42 Å². The van der Waals surface area contributed by atoms with Crippen LogP contribution in [0.25, 0.3) is 0 Å². The maximum atomic E-state index is 6.45. The van der Waals surface area contributed by atoms with E-state index in [0.717, 1.165) is 13.0 Å². The standard InChI is InChI=1S/C5H13N3/c1-8(2)5-3-4-7-6/h6H,3-5H2,1-2H3. The number of nitrogens with one attached hydrogen (secondary N) is 1. The van der Waals surface area contributed by atoms with Crippen molar-refractivity contribution in [3.05, 3.63) is 0 Å². The van der Waals surface area contributed by atoms with Crippen LogP contribution in [0.5, 0.6) is 0 Å². The third kappa shape index (κ3) is 5.56. The first-order chi connectivity index (χ1) is 3.77. The van der Waals surface area contributed by atoms with Crippen LogP contribution in [0.15, 0.2) is 5.11 Å². The Kier molecular flexibility index (Phi) is 4.45. The van der Waals surface area contributed by atoms with Crippen LogP contribution in [0.4, 0.5) is 0 Å². The van der Waals surface area contributed by atoms with Crippen molar-refractivity contribution >= 4 is 0 Å². The molecule has 3 heteroatoms. The second-order valence-corrected chi connectivity index (χ2v) is 2.04. The van der Waals surface area contributed by atoms with Crippen LogP contribution in [0.1, 0.15) is 6.42 Å². The molecule has 48 valence electrons. The largest absolute Gasteiger partial charge is 0.309 e. The SMILES string of the molecule is CN(C)CCCN=N. The van der Waals surface area contributed by atoms with Gasteiger partial charge in [0.2, 0.25) is 0 Å². The third-order valence-corrected chi connectivity index (χ3v) is 0.875. The fourth-order valence-corrected chi connectivity index (χ4v) is 0.466. The first kappa shape index (κ1) is 7.56. The first-order valence-corrected chi connectivity index (χ1v) is 2.75. The van der Waals surface area contributed by atoms with E-state index in [4.69, 9.17) is 5.53 Å². The van der Waals surface area contributed by atoms with Gasteiger partial charge in [-0.15, -0.1) is 0 Å². The van der Waals surface area contributed by atoms with Crippen molar-refractivity contribution in [2.75, 3.05) is 27.2 Å². The van der Waals surface area contributed by atoms with Gasteiger partial charge in [-0.1, -0.05) is 0 Å². The lowest BCUT2D eigenvalue weighted by atomic mass is 10.4. The van der Waals surface area contributed by atoms with E-state index in [-0.39, 0.29) is 0 Å². The van der Waals surface area contributed by atoms with E-state index in [0.29, 0.717) is 6.54 Å². The summed E-state index contributed by atoms with van der Waals surface area (Å²) in [7, 11) is 4.04. The zero-order chi connectivity index (χ0) is 6.41. The highest BCUT2D eigenvalue weighted by molar-refractivity contribution is 4.43. The summed E-state index contributed by atoms with van der Waals surface area (Å²) in [5.41, 5.74) is 6.45. The lowest BCUT2D eigenvalue weighted by Gasteiger charge is -2.05. The molecule has 0 bridgehead atoms. The summed E-state index contributed by atoms with van der Waals surface area (Å²) in [6, 6.07) is 0. The predicted octanol–water partition coefficient (Wildman–Crippen LogP) is 0.969. The van der Waals surface area contributed by atoms with E-state index in [2.05, 4.69) is 10.0 Å². The molecule has 0 aliphatic heterocycles. The van der Waals surface area contributed by atoms with Crippen LogP contribution in [0.2, 0.25) is 0 Å². The van der Waals surface area contributed by atoms with Gasteiger partial charge in [0.15, 0.2) is 0 Å². The molecule has 0 aromatic heterocycles. The minimum Gasteiger partial charge on any atom is -0.309 e. The first-order valence-electron chi connectivity index (χ1n) is 2.75. The highest BCUT2D eigenvalue weighted by Gasteiger charge is 1.86. The molecule has 0 aromatic carbocycles. The minimum absolute atomic E-state index is 0.665. The van der Waals surface area contributed by atoms with Gasteiger partial charge in [-0.25, -0.2) is 5.53 Å². The Morgan fingerprint density at radius 2 is 2.12 bits per heavy atom. The number of nitrogens with zero attached hydrogens (tertiary/aromatic N) is 2. The molecule has 0 amide bonds. The van der Waals surface area contributed by atoms with Gasteiger partial charge in [0.25, 0.3) is 0 Å². The molecule has 0 fully saturated rings. The fraction of sp³-hybridized carbons (Fsp3) is 1.00. The maximum Gasteiger partial charge on any atom is 0.0608 e. The summed E-state index contributed by atoms with van der Waals surface area (Å²) in [5, 5.41) is 3.23. The van der Waals surface area contributed by atoms with Gasteiger partial charge >= 0.3 is 0 Å². The number of rotatable bonds is 4. The molecule has 0 atom stereocenters. The van der Waals surface area contributed by atoms with E-state index < -0.39 is 0 Å². The van der Waals surface area contributed by atoms with Crippen molar-refractivity contribution in [2.24, 2.45) is 5.11 Å². The zero-order valence-electron chi connectivity index (χ0n) is 5.52. The average molecular weight is 115 g/mol. The molecule has 0 rings (SSSR count). The smallest absolute Gasteiger partial charge is 0.0608 e. The molecule has 0 spiro atoms. The number of hydrogen-bond donors (Lipinski definition) is 1. The quantitative estimate of drug-likeness (QED) is 0.430. The molecule has 3 nitrogen and oxygen atoms in total. The van der Waals surface area contributed by atoms with Gasteiger partial charge < -0.3 is 4.90 Å². The predicted molar refractivity (Wildman–Crippen MR) is 33.2 cm³/mol. The van der Waals surface area contributed by atoms with Gasteiger partial charge in [-0.05, 0) is 27.1 Å². The summed E-state index contributed by atoms with van der Waals surface area (Å²) in [6.07, 6.45) is 0.997. The molecule has 0 aliphatic carbocycles. The van der Waals surface area contributed by atoms with Crippen LogP contribution >= 0.6 is 0 Å². The zero-order valence-corrected chi connectivity index (χ0v) is 5.52. The summed E-state index contributed by atoms with van der Waals surface area (Å²) < 4.78 is 0. The molecule has 8 heavy (non-hydrogen) atoms. The summed E-state index contributed by atoms with van der Waals surface area (Å²) in [5.74, 6) is 0. The van der Waals surface area contributed by atoms with E-state index in [1.54, 1.807) is 0 Å². The monoisotopic (exact) mass is 115 g/mol. The summed E-state index contributed by atoms with van der Waals surface area (Å²) in [4.78, 5) is 2.09. The minimum atomic E-state index is 0.665. The van der Waals surface area contributed by atoms with Crippen molar-refractivity contribution in [1.29, 1.82) is 5.53 Å². The van der Waals surface area contributed by atoms with Gasteiger partial charge in [-0.3, -0.25) is 0 Å². The van der Waals surface area contributed by atoms with Crippen LogP contribution in [0, 0.1) is 5.53 Å². The highest BCUT2D eigenvalue weighted by atomic mass is 15.1. The Hall–Kier alpha value is -0.440. The van der Waals surface area contributed by atoms with Crippen molar-refractivity contribution in [3.8, 4) is 0 Å². The normalized spacial score (nSPS) is 9.88. The molecule has 0 radical (unpaired) electrons. The summed E-state index contributed by atoms with van der Waals surface area (Å²) >= 11 is 0.